The first-order chi connectivity index (χ1) is 13.5. The first-order valence-corrected chi connectivity index (χ1v) is 9.83. The molecule has 0 radical (unpaired) electrons. The topological polar surface area (TPSA) is 45.3 Å². The minimum atomic E-state index is 0.0138. The van der Waals surface area contributed by atoms with E-state index in [1.165, 1.54) is 5.57 Å². The van der Waals surface area contributed by atoms with Gasteiger partial charge < -0.3 is 14.6 Å². The summed E-state index contributed by atoms with van der Waals surface area (Å²) in [4.78, 5) is 17.7. The number of benzene rings is 2. The molecule has 1 aromatic heterocycles. The Balaban J connectivity index is 1.43. The largest absolute Gasteiger partial charge is 0.483 e. The van der Waals surface area contributed by atoms with E-state index in [2.05, 4.69) is 11.1 Å². The van der Waals surface area contributed by atoms with Crippen LogP contribution in [0, 0.1) is 13.8 Å². The number of fused-ring (bicyclic) bond motifs is 1. The molecule has 2 heterocycles. The molecule has 1 aliphatic heterocycles. The van der Waals surface area contributed by atoms with Crippen LogP contribution in [0.2, 0.25) is 5.02 Å². The van der Waals surface area contributed by atoms with Gasteiger partial charge in [-0.05, 0) is 55.2 Å². The summed E-state index contributed by atoms with van der Waals surface area (Å²) in [6.45, 7) is 5.34. The lowest BCUT2D eigenvalue weighted by atomic mass is 9.99. The van der Waals surface area contributed by atoms with Crippen molar-refractivity contribution >= 4 is 34.0 Å². The summed E-state index contributed by atoms with van der Waals surface area (Å²) in [5.74, 6) is 0.819. The van der Waals surface area contributed by atoms with Crippen LogP contribution in [0.5, 0.6) is 5.75 Å². The smallest absolute Gasteiger partial charge is 0.260 e. The molecule has 0 bridgehead atoms. The SMILES string of the molecule is Cc1cccc(C)c1OCC(=O)N1CC=C(c2c[nH]c3ccc(Cl)cc23)CC1. The van der Waals surface area contributed by atoms with E-state index in [0.717, 1.165) is 44.8 Å². The number of rotatable bonds is 4. The molecule has 0 saturated heterocycles. The summed E-state index contributed by atoms with van der Waals surface area (Å²) in [5.41, 5.74) is 5.57. The van der Waals surface area contributed by atoms with Crippen molar-refractivity contribution in [1.29, 1.82) is 0 Å². The van der Waals surface area contributed by atoms with Crippen molar-refractivity contribution in [3.8, 4) is 5.75 Å². The molecule has 1 amide bonds. The van der Waals surface area contributed by atoms with Gasteiger partial charge in [-0.25, -0.2) is 0 Å². The average molecular weight is 395 g/mol. The molecule has 4 rings (SSSR count). The Hall–Kier alpha value is -2.72. The number of carbonyl (C=O) groups is 1. The number of halogens is 1. The molecular formula is C23H23ClN2O2. The van der Waals surface area contributed by atoms with Crippen LogP contribution in [-0.4, -0.2) is 35.5 Å². The van der Waals surface area contributed by atoms with Crippen molar-refractivity contribution in [3.63, 3.8) is 0 Å². The zero-order valence-corrected chi connectivity index (χ0v) is 16.8. The Morgan fingerprint density at radius 2 is 2.00 bits per heavy atom. The normalized spacial score (nSPS) is 14.2. The number of carbonyl (C=O) groups excluding carboxylic acids is 1. The Morgan fingerprint density at radius 3 is 2.71 bits per heavy atom. The predicted molar refractivity (Wildman–Crippen MR) is 114 cm³/mol. The number of nitrogens with one attached hydrogen (secondary N) is 1. The molecule has 2 aromatic carbocycles. The maximum atomic E-state index is 12.6. The summed E-state index contributed by atoms with van der Waals surface area (Å²) >= 11 is 6.16. The molecule has 0 aliphatic carbocycles. The minimum absolute atomic E-state index is 0.0138. The van der Waals surface area contributed by atoms with Gasteiger partial charge in [0.25, 0.3) is 5.91 Å². The van der Waals surface area contributed by atoms with Gasteiger partial charge in [-0.15, -0.1) is 0 Å². The van der Waals surface area contributed by atoms with Crippen molar-refractivity contribution in [2.75, 3.05) is 19.7 Å². The third-order valence-corrected chi connectivity index (χ3v) is 5.54. The number of hydrogen-bond donors (Lipinski definition) is 1. The van der Waals surface area contributed by atoms with E-state index in [1.54, 1.807) is 0 Å². The molecule has 144 valence electrons. The molecule has 1 aliphatic rings. The van der Waals surface area contributed by atoms with E-state index in [-0.39, 0.29) is 12.5 Å². The van der Waals surface area contributed by atoms with Gasteiger partial charge in [0, 0.05) is 40.8 Å². The van der Waals surface area contributed by atoms with Crippen LogP contribution in [-0.2, 0) is 4.79 Å². The lowest BCUT2D eigenvalue weighted by molar-refractivity contribution is -0.132. The lowest BCUT2D eigenvalue weighted by Gasteiger charge is -2.26. The number of amides is 1. The Bertz CT molecular complexity index is 1050. The standard InChI is InChI=1S/C23H23ClN2O2/c1-15-4-3-5-16(2)23(15)28-14-22(27)26-10-8-17(9-11-26)20-13-25-21-7-6-18(24)12-19(20)21/h3-8,12-13,25H,9-11,14H2,1-2H3. The molecule has 3 aromatic rings. The number of H-pyrrole nitrogens is 1. The van der Waals surface area contributed by atoms with Crippen LogP contribution in [0.15, 0.2) is 48.7 Å². The van der Waals surface area contributed by atoms with Crippen LogP contribution in [0.1, 0.15) is 23.1 Å². The maximum Gasteiger partial charge on any atom is 0.260 e. The van der Waals surface area contributed by atoms with Gasteiger partial charge in [0.1, 0.15) is 5.75 Å². The van der Waals surface area contributed by atoms with Gasteiger partial charge in [-0.3, -0.25) is 4.79 Å². The second-order valence-electron chi connectivity index (χ2n) is 7.22. The molecule has 0 unspecified atom stereocenters. The van der Waals surface area contributed by atoms with Crippen LogP contribution in [0.4, 0.5) is 0 Å². The van der Waals surface area contributed by atoms with E-state index >= 15 is 0 Å². The van der Waals surface area contributed by atoms with Crippen LogP contribution < -0.4 is 4.74 Å². The molecule has 5 heteroatoms. The fourth-order valence-corrected chi connectivity index (χ4v) is 3.92. The molecule has 4 nitrogen and oxygen atoms in total. The highest BCUT2D eigenvalue weighted by Gasteiger charge is 2.20. The molecule has 28 heavy (non-hydrogen) atoms. The highest BCUT2D eigenvalue weighted by molar-refractivity contribution is 6.31. The van der Waals surface area contributed by atoms with Gasteiger partial charge in [-0.2, -0.15) is 0 Å². The monoisotopic (exact) mass is 394 g/mol. The van der Waals surface area contributed by atoms with Crippen molar-refractivity contribution < 1.29 is 9.53 Å². The van der Waals surface area contributed by atoms with Crippen molar-refractivity contribution in [2.45, 2.75) is 20.3 Å². The fraction of sp³-hybridized carbons (Fsp3) is 0.261. The number of aromatic amines is 1. The molecule has 0 spiro atoms. The van der Waals surface area contributed by atoms with Crippen LogP contribution in [0.25, 0.3) is 16.5 Å². The third kappa shape index (κ3) is 3.65. The van der Waals surface area contributed by atoms with Crippen molar-refractivity contribution in [2.24, 2.45) is 0 Å². The van der Waals surface area contributed by atoms with E-state index in [1.807, 2.05) is 61.3 Å². The summed E-state index contributed by atoms with van der Waals surface area (Å²) in [5, 5.41) is 1.85. The number of nitrogens with zero attached hydrogens (tertiary/aromatic N) is 1. The van der Waals surface area contributed by atoms with Gasteiger partial charge >= 0.3 is 0 Å². The van der Waals surface area contributed by atoms with E-state index in [0.29, 0.717) is 13.1 Å². The zero-order valence-electron chi connectivity index (χ0n) is 16.1. The average Bonchev–Trinajstić information content (AvgIpc) is 3.10. The van der Waals surface area contributed by atoms with Gasteiger partial charge in [0.15, 0.2) is 6.61 Å². The van der Waals surface area contributed by atoms with Gasteiger partial charge in [0.2, 0.25) is 0 Å². The predicted octanol–water partition coefficient (Wildman–Crippen LogP) is 5.13. The number of aromatic nitrogens is 1. The third-order valence-electron chi connectivity index (χ3n) is 5.30. The molecule has 0 fully saturated rings. The molecule has 0 atom stereocenters. The summed E-state index contributed by atoms with van der Waals surface area (Å²) in [7, 11) is 0. The van der Waals surface area contributed by atoms with Crippen LogP contribution in [0.3, 0.4) is 0 Å². The summed E-state index contributed by atoms with van der Waals surface area (Å²) in [6, 6.07) is 11.8. The first-order valence-electron chi connectivity index (χ1n) is 9.46. The Labute approximate surface area is 169 Å². The number of aryl methyl sites for hydroxylation is 2. The van der Waals surface area contributed by atoms with Gasteiger partial charge in [0.05, 0.1) is 0 Å². The second-order valence-corrected chi connectivity index (χ2v) is 7.66. The maximum absolute atomic E-state index is 12.6. The number of hydrogen-bond acceptors (Lipinski definition) is 2. The summed E-state index contributed by atoms with van der Waals surface area (Å²) in [6.07, 6.45) is 4.97. The number of ether oxygens (including phenoxy) is 1. The van der Waals surface area contributed by atoms with E-state index in [4.69, 9.17) is 16.3 Å². The number of para-hydroxylation sites is 1. The summed E-state index contributed by atoms with van der Waals surface area (Å²) < 4.78 is 5.82. The molecule has 0 saturated carbocycles. The quantitative estimate of drug-likeness (QED) is 0.666. The highest BCUT2D eigenvalue weighted by Crippen LogP contribution is 2.31. The van der Waals surface area contributed by atoms with Crippen molar-refractivity contribution in [1.82, 2.24) is 9.88 Å². The Kier molecular flexibility index (Phi) is 5.14. The van der Waals surface area contributed by atoms with E-state index in [9.17, 15) is 4.79 Å². The Morgan fingerprint density at radius 1 is 1.21 bits per heavy atom. The van der Waals surface area contributed by atoms with E-state index < -0.39 is 0 Å². The first kappa shape index (κ1) is 18.6. The highest BCUT2D eigenvalue weighted by atomic mass is 35.5. The zero-order chi connectivity index (χ0) is 19.7. The lowest BCUT2D eigenvalue weighted by Crippen LogP contribution is -2.37. The fourth-order valence-electron chi connectivity index (χ4n) is 3.75. The van der Waals surface area contributed by atoms with Gasteiger partial charge in [-0.1, -0.05) is 35.9 Å². The molecular weight excluding hydrogens is 372 g/mol. The second kappa shape index (κ2) is 7.72. The molecule has 1 N–H and O–H groups in total. The van der Waals surface area contributed by atoms with Crippen LogP contribution >= 0.6 is 11.6 Å². The minimum Gasteiger partial charge on any atom is -0.483 e. The van der Waals surface area contributed by atoms with Crippen molar-refractivity contribution in [3.05, 3.63) is 70.4 Å².